The molecular weight excluding hydrogens is 298 g/mol. The van der Waals surface area contributed by atoms with Gasteiger partial charge in [-0.15, -0.1) is 0 Å². The molecule has 1 aromatic rings. The molecule has 0 saturated heterocycles. The summed E-state index contributed by atoms with van der Waals surface area (Å²) in [6.07, 6.45) is 0.122. The summed E-state index contributed by atoms with van der Waals surface area (Å²) in [6.45, 7) is 1.98. The molecule has 0 heterocycles. The first-order valence-corrected chi connectivity index (χ1v) is 6.78. The fourth-order valence-corrected chi connectivity index (χ4v) is 1.98. The van der Waals surface area contributed by atoms with Crippen molar-refractivity contribution in [2.45, 2.75) is 19.4 Å². The summed E-state index contributed by atoms with van der Waals surface area (Å²) < 4.78 is 9.96. The SMILES string of the molecule is CCOCC(=O)N[C@H](Cc1ccc(OC)c(Cl)c1)C(=O)O. The van der Waals surface area contributed by atoms with Gasteiger partial charge in [0, 0.05) is 13.0 Å². The summed E-state index contributed by atoms with van der Waals surface area (Å²) in [5, 5.41) is 12.0. The molecule has 6 nitrogen and oxygen atoms in total. The summed E-state index contributed by atoms with van der Waals surface area (Å²) in [5.74, 6) is -1.08. The van der Waals surface area contributed by atoms with Gasteiger partial charge in [-0.05, 0) is 24.6 Å². The van der Waals surface area contributed by atoms with Crippen LogP contribution in [0.4, 0.5) is 0 Å². The van der Waals surface area contributed by atoms with Crippen molar-refractivity contribution in [2.24, 2.45) is 0 Å². The summed E-state index contributed by atoms with van der Waals surface area (Å²) >= 11 is 5.99. The number of benzene rings is 1. The number of ether oxygens (including phenoxy) is 2. The van der Waals surface area contributed by atoms with Crippen molar-refractivity contribution < 1.29 is 24.2 Å². The Labute approximate surface area is 128 Å². The molecule has 116 valence electrons. The normalized spacial score (nSPS) is 11.8. The first-order valence-electron chi connectivity index (χ1n) is 6.40. The van der Waals surface area contributed by atoms with Crippen LogP contribution in [0.5, 0.6) is 5.75 Å². The van der Waals surface area contributed by atoms with Gasteiger partial charge < -0.3 is 19.9 Å². The van der Waals surface area contributed by atoms with Crippen molar-refractivity contribution in [1.29, 1.82) is 0 Å². The highest BCUT2D eigenvalue weighted by atomic mass is 35.5. The van der Waals surface area contributed by atoms with Gasteiger partial charge in [-0.25, -0.2) is 4.79 Å². The van der Waals surface area contributed by atoms with Gasteiger partial charge >= 0.3 is 5.97 Å². The van der Waals surface area contributed by atoms with Gasteiger partial charge in [0.1, 0.15) is 18.4 Å². The number of nitrogens with one attached hydrogen (secondary N) is 1. The molecule has 0 aliphatic heterocycles. The molecule has 21 heavy (non-hydrogen) atoms. The largest absolute Gasteiger partial charge is 0.495 e. The molecule has 1 atom stereocenters. The van der Waals surface area contributed by atoms with E-state index in [4.69, 9.17) is 26.2 Å². The molecular formula is C14H18ClNO5. The maximum absolute atomic E-state index is 11.5. The van der Waals surface area contributed by atoms with Gasteiger partial charge in [-0.1, -0.05) is 17.7 Å². The lowest BCUT2D eigenvalue weighted by atomic mass is 10.1. The Balaban J connectivity index is 2.72. The number of methoxy groups -OCH3 is 1. The molecule has 0 bridgehead atoms. The Morgan fingerprint density at radius 3 is 2.67 bits per heavy atom. The molecule has 0 aliphatic rings. The number of aliphatic carboxylic acids is 1. The van der Waals surface area contributed by atoms with Crippen molar-refractivity contribution in [1.82, 2.24) is 5.32 Å². The Hall–Kier alpha value is -1.79. The van der Waals surface area contributed by atoms with Gasteiger partial charge in [0.05, 0.1) is 12.1 Å². The minimum Gasteiger partial charge on any atom is -0.495 e. The molecule has 0 radical (unpaired) electrons. The predicted molar refractivity (Wildman–Crippen MR) is 77.8 cm³/mol. The minimum absolute atomic E-state index is 0.122. The molecule has 0 unspecified atom stereocenters. The average Bonchev–Trinajstić information content (AvgIpc) is 2.44. The standard InChI is InChI=1S/C14H18ClNO5/c1-3-21-8-13(17)16-11(14(18)19)7-9-4-5-12(20-2)10(15)6-9/h4-6,11H,3,7-8H2,1-2H3,(H,16,17)(H,18,19)/t11-/m1/s1. The average molecular weight is 316 g/mol. The second kappa shape index (κ2) is 8.49. The summed E-state index contributed by atoms with van der Waals surface area (Å²) in [6, 6.07) is 3.93. The Morgan fingerprint density at radius 2 is 2.14 bits per heavy atom. The predicted octanol–water partition coefficient (Wildman–Crippen LogP) is 1.50. The summed E-state index contributed by atoms with van der Waals surface area (Å²) in [5.41, 5.74) is 0.685. The quantitative estimate of drug-likeness (QED) is 0.759. The fourth-order valence-electron chi connectivity index (χ4n) is 1.70. The van der Waals surface area contributed by atoms with Crippen LogP contribution in [0, 0.1) is 0 Å². The molecule has 0 aromatic heterocycles. The number of carboxylic acid groups (broad SMARTS) is 1. The number of hydrogen-bond donors (Lipinski definition) is 2. The van der Waals surface area contributed by atoms with Crippen LogP contribution in [0.2, 0.25) is 5.02 Å². The maximum atomic E-state index is 11.5. The molecule has 2 N–H and O–H groups in total. The lowest BCUT2D eigenvalue weighted by molar-refractivity contribution is -0.142. The zero-order chi connectivity index (χ0) is 15.8. The molecule has 0 fully saturated rings. The van der Waals surface area contributed by atoms with Gasteiger partial charge in [-0.3, -0.25) is 4.79 Å². The fraction of sp³-hybridized carbons (Fsp3) is 0.429. The summed E-state index contributed by atoms with van der Waals surface area (Å²) in [4.78, 5) is 22.7. The Bertz CT molecular complexity index is 506. The second-order valence-electron chi connectivity index (χ2n) is 4.27. The zero-order valence-electron chi connectivity index (χ0n) is 11.9. The molecule has 1 aromatic carbocycles. The number of amides is 1. The van der Waals surface area contributed by atoms with Crippen molar-refractivity contribution >= 4 is 23.5 Å². The van der Waals surface area contributed by atoms with Crippen molar-refractivity contribution in [2.75, 3.05) is 20.3 Å². The van der Waals surface area contributed by atoms with Crippen molar-refractivity contribution in [3.05, 3.63) is 28.8 Å². The van der Waals surface area contributed by atoms with E-state index in [1.165, 1.54) is 7.11 Å². The van der Waals surface area contributed by atoms with Crippen molar-refractivity contribution in [3.8, 4) is 5.75 Å². The third-order valence-corrected chi connectivity index (χ3v) is 3.02. The lowest BCUT2D eigenvalue weighted by Gasteiger charge is -2.15. The Morgan fingerprint density at radius 1 is 1.43 bits per heavy atom. The third-order valence-electron chi connectivity index (χ3n) is 2.73. The molecule has 0 aliphatic carbocycles. The van der Waals surface area contributed by atoms with E-state index in [0.29, 0.717) is 22.9 Å². The molecule has 1 amide bonds. The highest BCUT2D eigenvalue weighted by Crippen LogP contribution is 2.25. The van der Waals surface area contributed by atoms with Crippen LogP contribution < -0.4 is 10.1 Å². The first-order chi connectivity index (χ1) is 9.97. The monoisotopic (exact) mass is 315 g/mol. The van der Waals surface area contributed by atoms with E-state index in [2.05, 4.69) is 5.32 Å². The second-order valence-corrected chi connectivity index (χ2v) is 4.68. The van der Waals surface area contributed by atoms with Crippen LogP contribution >= 0.6 is 11.6 Å². The third kappa shape index (κ3) is 5.61. The van der Waals surface area contributed by atoms with Gasteiger partial charge in [-0.2, -0.15) is 0 Å². The molecule has 7 heteroatoms. The van der Waals surface area contributed by atoms with Gasteiger partial charge in [0.2, 0.25) is 5.91 Å². The molecule has 0 saturated carbocycles. The number of carbonyl (C=O) groups is 2. The van der Waals surface area contributed by atoms with E-state index in [9.17, 15) is 9.59 Å². The van der Waals surface area contributed by atoms with Crippen LogP contribution in [0.1, 0.15) is 12.5 Å². The smallest absolute Gasteiger partial charge is 0.326 e. The number of carbonyl (C=O) groups excluding carboxylic acids is 1. The van der Waals surface area contributed by atoms with Crippen LogP contribution in [0.25, 0.3) is 0 Å². The van der Waals surface area contributed by atoms with Crippen LogP contribution in [-0.4, -0.2) is 43.3 Å². The van der Waals surface area contributed by atoms with E-state index in [-0.39, 0.29) is 13.0 Å². The van der Waals surface area contributed by atoms with Gasteiger partial charge in [0.15, 0.2) is 0 Å². The highest BCUT2D eigenvalue weighted by molar-refractivity contribution is 6.32. The number of halogens is 1. The first kappa shape index (κ1) is 17.3. The minimum atomic E-state index is -1.12. The van der Waals surface area contributed by atoms with Crippen molar-refractivity contribution in [3.63, 3.8) is 0 Å². The lowest BCUT2D eigenvalue weighted by Crippen LogP contribution is -2.43. The topological polar surface area (TPSA) is 84.9 Å². The number of rotatable bonds is 8. The van der Waals surface area contributed by atoms with Gasteiger partial charge in [0.25, 0.3) is 0 Å². The van der Waals surface area contributed by atoms with Crippen LogP contribution in [-0.2, 0) is 20.7 Å². The zero-order valence-corrected chi connectivity index (χ0v) is 12.6. The number of hydrogen-bond acceptors (Lipinski definition) is 4. The van der Waals surface area contributed by atoms with E-state index >= 15 is 0 Å². The van der Waals surface area contributed by atoms with E-state index in [1.54, 1.807) is 25.1 Å². The van der Waals surface area contributed by atoms with E-state index in [1.807, 2.05) is 0 Å². The number of carboxylic acids is 1. The summed E-state index contributed by atoms with van der Waals surface area (Å²) in [7, 11) is 1.49. The molecule has 1 rings (SSSR count). The van der Waals surface area contributed by atoms with E-state index in [0.717, 1.165) is 0 Å². The Kier molecular flexibility index (Phi) is 6.98. The van der Waals surface area contributed by atoms with E-state index < -0.39 is 17.9 Å². The van der Waals surface area contributed by atoms with Crippen LogP contribution in [0.3, 0.4) is 0 Å². The van der Waals surface area contributed by atoms with Crippen LogP contribution in [0.15, 0.2) is 18.2 Å². The molecule has 0 spiro atoms. The highest BCUT2D eigenvalue weighted by Gasteiger charge is 2.20. The maximum Gasteiger partial charge on any atom is 0.326 e.